The molecule has 0 aliphatic heterocycles. The number of methoxy groups -OCH3 is 1. The summed E-state index contributed by atoms with van der Waals surface area (Å²) in [7, 11) is 1.29. The van der Waals surface area contributed by atoms with E-state index in [2.05, 4.69) is 4.74 Å². The first-order valence-corrected chi connectivity index (χ1v) is 10.7. The molecule has 0 spiro atoms. The molecule has 0 heterocycles. The van der Waals surface area contributed by atoms with Gasteiger partial charge in [0.05, 0.1) is 32.3 Å². The molecule has 0 aliphatic carbocycles. The molecule has 0 saturated carbocycles. The van der Waals surface area contributed by atoms with Crippen LogP contribution in [0.15, 0.2) is 36.4 Å². The molecule has 0 aromatic heterocycles. The summed E-state index contributed by atoms with van der Waals surface area (Å²) in [5.41, 5.74) is 1.46. The number of ketones is 2. The first-order valence-electron chi connectivity index (χ1n) is 10.7. The van der Waals surface area contributed by atoms with E-state index in [0.717, 1.165) is 6.42 Å². The van der Waals surface area contributed by atoms with Crippen LogP contribution in [-0.4, -0.2) is 43.0 Å². The van der Waals surface area contributed by atoms with Gasteiger partial charge in [-0.1, -0.05) is 13.3 Å². The van der Waals surface area contributed by atoms with E-state index in [1.807, 2.05) is 6.92 Å². The van der Waals surface area contributed by atoms with Crippen LogP contribution in [0, 0.1) is 0 Å². The number of ether oxygens (including phenoxy) is 3. The van der Waals surface area contributed by atoms with E-state index in [0.29, 0.717) is 54.2 Å². The molecule has 0 aliphatic rings. The number of aromatic hydroxyl groups is 1. The highest BCUT2D eigenvalue weighted by Gasteiger charge is 2.16. The normalized spacial score (nSPS) is 10.5. The van der Waals surface area contributed by atoms with Crippen molar-refractivity contribution in [3.63, 3.8) is 0 Å². The predicted octanol–water partition coefficient (Wildman–Crippen LogP) is 4.53. The Labute approximate surface area is 188 Å². The molecular weight excluding hydrogens is 412 g/mol. The third-order valence-electron chi connectivity index (χ3n) is 4.89. The van der Waals surface area contributed by atoms with E-state index < -0.39 is 5.97 Å². The van der Waals surface area contributed by atoms with Crippen molar-refractivity contribution >= 4 is 17.5 Å². The highest BCUT2D eigenvalue weighted by atomic mass is 16.5. The molecule has 0 bridgehead atoms. The van der Waals surface area contributed by atoms with Crippen molar-refractivity contribution in [1.29, 1.82) is 0 Å². The lowest BCUT2D eigenvalue weighted by Gasteiger charge is -2.15. The molecule has 0 saturated heterocycles. The van der Waals surface area contributed by atoms with Gasteiger partial charge in [0.1, 0.15) is 17.2 Å². The summed E-state index contributed by atoms with van der Waals surface area (Å²) < 4.78 is 16.0. The zero-order valence-corrected chi connectivity index (χ0v) is 18.8. The first-order chi connectivity index (χ1) is 15.4. The maximum Gasteiger partial charge on any atom is 0.305 e. The highest BCUT2D eigenvalue weighted by molar-refractivity contribution is 5.98. The Morgan fingerprint density at radius 1 is 0.938 bits per heavy atom. The van der Waals surface area contributed by atoms with Crippen LogP contribution in [0.1, 0.15) is 65.8 Å². The lowest BCUT2D eigenvalue weighted by Crippen LogP contribution is -2.08. The van der Waals surface area contributed by atoms with Crippen molar-refractivity contribution in [1.82, 2.24) is 0 Å². The van der Waals surface area contributed by atoms with Gasteiger partial charge < -0.3 is 19.3 Å². The molecule has 0 unspecified atom stereocenters. The van der Waals surface area contributed by atoms with Crippen LogP contribution in [-0.2, 0) is 16.0 Å². The average Bonchev–Trinajstić information content (AvgIpc) is 2.79. The van der Waals surface area contributed by atoms with Crippen LogP contribution in [0.25, 0.3) is 0 Å². The van der Waals surface area contributed by atoms with E-state index in [1.54, 1.807) is 36.4 Å². The van der Waals surface area contributed by atoms with Crippen molar-refractivity contribution in [2.75, 3.05) is 20.3 Å². The van der Waals surface area contributed by atoms with Crippen molar-refractivity contribution in [2.45, 2.75) is 46.0 Å². The summed E-state index contributed by atoms with van der Waals surface area (Å²) in [6, 6.07) is 10.1. The van der Waals surface area contributed by atoms with Gasteiger partial charge in [-0.05, 0) is 49.7 Å². The maximum absolute atomic E-state index is 12.1. The number of Topliss-reactive ketones (excluding diaryl/α,β-unsaturated/α-hetero) is 2. The third-order valence-corrected chi connectivity index (χ3v) is 4.89. The largest absolute Gasteiger partial charge is 0.507 e. The van der Waals surface area contributed by atoms with Crippen LogP contribution in [0.2, 0.25) is 0 Å². The quantitative estimate of drug-likeness (QED) is 0.276. The first kappa shape index (κ1) is 24.9. The molecule has 0 atom stereocenters. The zero-order valence-electron chi connectivity index (χ0n) is 18.8. The number of hydrogen-bond acceptors (Lipinski definition) is 7. The number of rotatable bonds is 13. The van der Waals surface area contributed by atoms with E-state index in [1.165, 1.54) is 14.0 Å². The van der Waals surface area contributed by atoms with Gasteiger partial charge in [-0.2, -0.15) is 0 Å². The van der Waals surface area contributed by atoms with Crippen LogP contribution in [0.5, 0.6) is 17.2 Å². The number of benzene rings is 2. The van der Waals surface area contributed by atoms with Gasteiger partial charge in [0.25, 0.3) is 0 Å². The smallest absolute Gasteiger partial charge is 0.305 e. The fraction of sp³-hybridized carbons (Fsp3) is 0.400. The second-order valence-electron chi connectivity index (χ2n) is 7.32. The van der Waals surface area contributed by atoms with Gasteiger partial charge in [0, 0.05) is 24.0 Å². The Morgan fingerprint density at radius 3 is 2.25 bits per heavy atom. The second-order valence-corrected chi connectivity index (χ2v) is 7.32. The summed E-state index contributed by atoms with van der Waals surface area (Å²) >= 11 is 0. The highest BCUT2D eigenvalue weighted by Crippen LogP contribution is 2.33. The molecule has 2 aromatic carbocycles. The standard InChI is InChI=1S/C25H30O7/c1-4-6-21-23(13-11-20(17(2)26)25(21)29)32-16-5-15-31-19-9-7-18(8-10-19)22(27)12-14-24(28)30-3/h7-11,13,29H,4-6,12,14-16H2,1-3H3. The van der Waals surface area contributed by atoms with Crippen LogP contribution in [0.4, 0.5) is 0 Å². The monoisotopic (exact) mass is 442 g/mol. The van der Waals surface area contributed by atoms with E-state index in [-0.39, 0.29) is 30.2 Å². The molecular formula is C25H30O7. The summed E-state index contributed by atoms with van der Waals surface area (Å²) in [6.07, 6.45) is 2.20. The van der Waals surface area contributed by atoms with Gasteiger partial charge in [0.2, 0.25) is 0 Å². The van der Waals surface area contributed by atoms with E-state index in [4.69, 9.17) is 9.47 Å². The Bertz CT molecular complexity index is 932. The molecule has 32 heavy (non-hydrogen) atoms. The summed E-state index contributed by atoms with van der Waals surface area (Å²) in [5.74, 6) is 0.476. The Hall–Kier alpha value is -3.35. The molecule has 2 aromatic rings. The summed E-state index contributed by atoms with van der Waals surface area (Å²) in [5, 5.41) is 10.4. The zero-order chi connectivity index (χ0) is 23.5. The number of phenolic OH excluding ortho intramolecular Hbond substituents is 1. The lowest BCUT2D eigenvalue weighted by molar-refractivity contribution is -0.140. The summed E-state index contributed by atoms with van der Waals surface area (Å²) in [4.78, 5) is 34.9. The number of phenols is 1. The predicted molar refractivity (Wildman–Crippen MR) is 120 cm³/mol. The van der Waals surface area contributed by atoms with Gasteiger partial charge in [0.15, 0.2) is 11.6 Å². The fourth-order valence-electron chi connectivity index (χ4n) is 3.16. The minimum absolute atomic E-state index is 0.00526. The molecule has 7 heteroatoms. The molecule has 0 fully saturated rings. The van der Waals surface area contributed by atoms with Crippen molar-refractivity contribution in [3.05, 3.63) is 53.1 Å². The maximum atomic E-state index is 12.1. The fourth-order valence-corrected chi connectivity index (χ4v) is 3.16. The molecule has 172 valence electrons. The van der Waals surface area contributed by atoms with Gasteiger partial charge in [-0.15, -0.1) is 0 Å². The van der Waals surface area contributed by atoms with Crippen molar-refractivity contribution < 1.29 is 33.7 Å². The molecule has 7 nitrogen and oxygen atoms in total. The molecule has 1 N–H and O–H groups in total. The van der Waals surface area contributed by atoms with Gasteiger partial charge in [-0.3, -0.25) is 14.4 Å². The van der Waals surface area contributed by atoms with Crippen LogP contribution < -0.4 is 9.47 Å². The number of carbonyl (C=O) groups is 3. The molecule has 2 rings (SSSR count). The van der Waals surface area contributed by atoms with Crippen LogP contribution >= 0.6 is 0 Å². The Morgan fingerprint density at radius 2 is 1.62 bits per heavy atom. The van der Waals surface area contributed by atoms with Crippen molar-refractivity contribution in [3.8, 4) is 17.2 Å². The third kappa shape index (κ3) is 7.11. The van der Waals surface area contributed by atoms with Crippen molar-refractivity contribution in [2.24, 2.45) is 0 Å². The summed E-state index contributed by atoms with van der Waals surface area (Å²) in [6.45, 7) is 4.22. The minimum atomic E-state index is -0.410. The number of esters is 1. The van der Waals surface area contributed by atoms with Gasteiger partial charge >= 0.3 is 5.97 Å². The minimum Gasteiger partial charge on any atom is -0.507 e. The van der Waals surface area contributed by atoms with E-state index in [9.17, 15) is 19.5 Å². The topological polar surface area (TPSA) is 99.1 Å². The van der Waals surface area contributed by atoms with E-state index >= 15 is 0 Å². The van der Waals surface area contributed by atoms with Crippen LogP contribution in [0.3, 0.4) is 0 Å². The second kappa shape index (κ2) is 12.5. The Kier molecular flexibility index (Phi) is 9.73. The Balaban J connectivity index is 1.82. The van der Waals surface area contributed by atoms with Gasteiger partial charge in [-0.25, -0.2) is 0 Å². The number of carbonyl (C=O) groups excluding carboxylic acids is 3. The molecule has 0 radical (unpaired) electrons. The SMILES string of the molecule is CCCc1c(OCCCOc2ccc(C(=O)CCC(=O)OC)cc2)ccc(C(C)=O)c1O. The lowest BCUT2D eigenvalue weighted by atomic mass is 10.0. The number of hydrogen-bond donors (Lipinski definition) is 1. The molecule has 0 amide bonds. The average molecular weight is 443 g/mol.